The van der Waals surface area contributed by atoms with E-state index in [2.05, 4.69) is 240 Å². The van der Waals surface area contributed by atoms with Crippen LogP contribution in [0, 0.1) is 0 Å². The number of fused-ring (bicyclic) bond motifs is 2. The second kappa shape index (κ2) is 19.0. The monoisotopic (exact) mass is 952 g/mol. The highest BCUT2D eigenvalue weighted by atomic mass is 15.2. The Labute approximate surface area is 435 Å². The highest BCUT2D eigenvalue weighted by molar-refractivity contribution is 6.30. The van der Waals surface area contributed by atoms with E-state index in [0.29, 0.717) is 11.8 Å². The Morgan fingerprint density at radius 3 is 1.07 bits per heavy atom. The summed E-state index contributed by atoms with van der Waals surface area (Å²) in [4.78, 5) is 5.24. The van der Waals surface area contributed by atoms with Crippen LogP contribution in [0.2, 0.25) is 0 Å². The van der Waals surface area contributed by atoms with Crippen LogP contribution in [0.15, 0.2) is 231 Å². The van der Waals surface area contributed by atoms with Crippen molar-refractivity contribution in [3.05, 3.63) is 242 Å². The molecule has 0 spiro atoms. The van der Waals surface area contributed by atoms with Gasteiger partial charge in [0.15, 0.2) is 0 Å². The second-order valence-corrected chi connectivity index (χ2v) is 21.2. The number of anilines is 6. The lowest BCUT2D eigenvalue weighted by Crippen LogP contribution is -2.15. The topological polar surface area (TPSA) is 6.48 Å². The van der Waals surface area contributed by atoms with Gasteiger partial charge in [0, 0.05) is 32.9 Å². The molecule has 2 saturated carbocycles. The summed E-state index contributed by atoms with van der Waals surface area (Å²) in [5.41, 5.74) is 15.1. The molecule has 0 bridgehead atoms. The van der Waals surface area contributed by atoms with Crippen LogP contribution in [-0.2, 0) is 0 Å². The second-order valence-electron chi connectivity index (χ2n) is 21.2. The van der Waals surface area contributed by atoms with Crippen LogP contribution in [-0.4, -0.2) is 0 Å². The maximum atomic E-state index is 2.63. The summed E-state index contributed by atoms with van der Waals surface area (Å²) in [5, 5.41) is 13.2. The summed E-state index contributed by atoms with van der Waals surface area (Å²) >= 11 is 0. The van der Waals surface area contributed by atoms with Crippen LogP contribution in [0.1, 0.15) is 87.2 Å². The Morgan fingerprint density at radius 1 is 0.257 bits per heavy atom. The minimum absolute atomic E-state index is 0.474. The summed E-state index contributed by atoms with van der Waals surface area (Å²) in [6.07, 6.45) is 12.6. The average molecular weight is 953 g/mol. The number of hydrogen-bond donors (Lipinski definition) is 0. The first kappa shape index (κ1) is 44.5. The first-order chi connectivity index (χ1) is 36.7. The van der Waals surface area contributed by atoms with Crippen molar-refractivity contribution in [3.63, 3.8) is 0 Å². The molecule has 0 aromatic heterocycles. The maximum absolute atomic E-state index is 2.63. The third-order valence-electron chi connectivity index (χ3n) is 16.9. The number of hydrogen-bond acceptors (Lipinski definition) is 2. The lowest BCUT2D eigenvalue weighted by atomic mass is 9.77. The molecular weight excluding hydrogens is 893 g/mol. The van der Waals surface area contributed by atoms with Crippen LogP contribution >= 0.6 is 0 Å². The molecule has 12 aromatic carbocycles. The first-order valence-corrected chi connectivity index (χ1v) is 27.4. The van der Waals surface area contributed by atoms with Gasteiger partial charge in [-0.25, -0.2) is 0 Å². The van der Waals surface area contributed by atoms with Gasteiger partial charge < -0.3 is 9.80 Å². The summed E-state index contributed by atoms with van der Waals surface area (Å²) in [7, 11) is 0. The van der Waals surface area contributed by atoms with Crippen LogP contribution in [0.5, 0.6) is 0 Å². The number of benzene rings is 12. The van der Waals surface area contributed by atoms with Crippen molar-refractivity contribution in [2.45, 2.75) is 76.0 Å². The molecule has 14 rings (SSSR count). The molecule has 12 aromatic rings. The molecular formula is C72H60N2. The Bertz CT molecular complexity index is 3720. The maximum Gasteiger partial charge on any atom is 0.0543 e. The van der Waals surface area contributed by atoms with Gasteiger partial charge in [-0.1, -0.05) is 221 Å². The van der Waals surface area contributed by atoms with Gasteiger partial charge in [0.2, 0.25) is 0 Å². The van der Waals surface area contributed by atoms with Crippen molar-refractivity contribution < 1.29 is 0 Å². The fraction of sp³-hybridized carbons (Fsp3) is 0.167. The molecule has 0 saturated heterocycles. The Balaban J connectivity index is 1.11. The van der Waals surface area contributed by atoms with E-state index in [1.54, 1.807) is 0 Å². The molecule has 2 heteroatoms. The SMILES string of the molecule is c1ccc(-c2cccc(N(c3cccc4ccccc34)c3cc(C4CCCCC4)c4ccc5c(N(c6cccc(-c7ccccc7)c6)c6cccc7ccccc67)cc(C6CCCCC6)c6ccc3c4c65)c2)cc1. The predicted molar refractivity (Wildman–Crippen MR) is 317 cm³/mol. The van der Waals surface area contributed by atoms with Gasteiger partial charge in [0.1, 0.15) is 0 Å². The van der Waals surface area contributed by atoms with Crippen LogP contribution < -0.4 is 9.80 Å². The molecule has 0 atom stereocenters. The molecule has 358 valence electrons. The molecule has 74 heavy (non-hydrogen) atoms. The minimum atomic E-state index is 0.474. The molecule has 0 unspecified atom stereocenters. The van der Waals surface area contributed by atoms with Crippen LogP contribution in [0.25, 0.3) is 76.1 Å². The highest BCUT2D eigenvalue weighted by Gasteiger charge is 2.30. The lowest BCUT2D eigenvalue weighted by Gasteiger charge is -2.34. The zero-order valence-electron chi connectivity index (χ0n) is 42.1. The van der Waals surface area contributed by atoms with E-state index in [1.165, 1.54) is 174 Å². The minimum Gasteiger partial charge on any atom is -0.309 e. The van der Waals surface area contributed by atoms with E-state index in [4.69, 9.17) is 0 Å². The Kier molecular flexibility index (Phi) is 11.4. The van der Waals surface area contributed by atoms with Crippen molar-refractivity contribution in [1.82, 2.24) is 0 Å². The lowest BCUT2D eigenvalue weighted by molar-refractivity contribution is 0.445. The zero-order chi connectivity index (χ0) is 49.0. The first-order valence-electron chi connectivity index (χ1n) is 27.4. The number of rotatable bonds is 10. The van der Waals surface area contributed by atoms with Crippen molar-refractivity contribution in [1.29, 1.82) is 0 Å². The quantitative estimate of drug-likeness (QED) is 0.126. The van der Waals surface area contributed by atoms with E-state index in [-0.39, 0.29) is 0 Å². The molecule has 0 heterocycles. The van der Waals surface area contributed by atoms with E-state index >= 15 is 0 Å². The van der Waals surface area contributed by atoms with Crippen LogP contribution in [0.4, 0.5) is 34.1 Å². The van der Waals surface area contributed by atoms with Crippen LogP contribution in [0.3, 0.4) is 0 Å². The predicted octanol–water partition coefficient (Wildman–Crippen LogP) is 21.3. The summed E-state index contributed by atoms with van der Waals surface area (Å²) in [6, 6.07) is 87.3. The van der Waals surface area contributed by atoms with E-state index < -0.39 is 0 Å². The molecule has 0 amide bonds. The fourth-order valence-corrected chi connectivity index (χ4v) is 13.4. The van der Waals surface area contributed by atoms with Crippen molar-refractivity contribution >= 4 is 88.0 Å². The standard InChI is InChI=1S/C72H60N2/c1-5-21-49(22-6-1)55-33-17-35-57(45-55)73(67-39-19-31-51-29-13-15-37-59(51)67)69-47-65(53-25-9-3-10-26-53)61-42-44-64-70(48-66(54-27-11-4-12-28-54)62-41-43-63(69)71(61)72(62)64)74(68-40-20-32-52-30-14-16-38-60(52)68)58-36-18-34-56(46-58)50-23-7-2-8-24-50/h1-2,5-8,13-24,29-48,53-54H,3-4,9-12,25-28H2. The van der Waals surface area contributed by atoms with E-state index in [0.717, 1.165) is 11.4 Å². The largest absolute Gasteiger partial charge is 0.309 e. The molecule has 2 aliphatic carbocycles. The summed E-state index contributed by atoms with van der Waals surface area (Å²) < 4.78 is 0. The fourth-order valence-electron chi connectivity index (χ4n) is 13.4. The molecule has 0 radical (unpaired) electrons. The Hall–Kier alpha value is -8.20. The molecule has 0 N–H and O–H groups in total. The van der Waals surface area contributed by atoms with Gasteiger partial charge in [-0.3, -0.25) is 0 Å². The van der Waals surface area contributed by atoms with E-state index in [9.17, 15) is 0 Å². The molecule has 2 fully saturated rings. The molecule has 0 aliphatic heterocycles. The van der Waals surface area contributed by atoms with Crippen molar-refractivity contribution in [3.8, 4) is 22.3 Å². The Morgan fingerprint density at radius 2 is 0.622 bits per heavy atom. The smallest absolute Gasteiger partial charge is 0.0543 e. The average Bonchev–Trinajstić information content (AvgIpc) is 3.49. The third-order valence-corrected chi connectivity index (χ3v) is 16.9. The third kappa shape index (κ3) is 7.78. The van der Waals surface area contributed by atoms with Gasteiger partial charge in [-0.2, -0.15) is 0 Å². The van der Waals surface area contributed by atoms with Crippen molar-refractivity contribution in [2.75, 3.05) is 9.80 Å². The molecule has 2 aliphatic rings. The summed E-state index contributed by atoms with van der Waals surface area (Å²) in [6.45, 7) is 0. The molecule has 2 nitrogen and oxygen atoms in total. The van der Waals surface area contributed by atoms with Gasteiger partial charge in [-0.05, 0) is 152 Å². The van der Waals surface area contributed by atoms with Crippen molar-refractivity contribution in [2.24, 2.45) is 0 Å². The normalized spacial score (nSPS) is 14.6. The summed E-state index contributed by atoms with van der Waals surface area (Å²) in [5.74, 6) is 0.949. The van der Waals surface area contributed by atoms with E-state index in [1.807, 2.05) is 0 Å². The highest BCUT2D eigenvalue weighted by Crippen LogP contribution is 2.54. The zero-order valence-corrected chi connectivity index (χ0v) is 42.1. The number of nitrogens with zero attached hydrogens (tertiary/aromatic N) is 2. The van der Waals surface area contributed by atoms with Gasteiger partial charge >= 0.3 is 0 Å². The van der Waals surface area contributed by atoms with Gasteiger partial charge in [0.05, 0.1) is 22.7 Å². The van der Waals surface area contributed by atoms with Gasteiger partial charge in [0.25, 0.3) is 0 Å². The van der Waals surface area contributed by atoms with Gasteiger partial charge in [-0.15, -0.1) is 0 Å².